The van der Waals surface area contributed by atoms with Crippen molar-refractivity contribution in [1.29, 1.82) is 0 Å². The van der Waals surface area contributed by atoms with Crippen molar-refractivity contribution in [3.63, 3.8) is 0 Å². The molecule has 164 valence electrons. The Morgan fingerprint density at radius 1 is 1.19 bits per heavy atom. The van der Waals surface area contributed by atoms with E-state index in [0.717, 1.165) is 5.56 Å². The van der Waals surface area contributed by atoms with Gasteiger partial charge in [-0.1, -0.05) is 40.5 Å². The normalized spacial score (nSPS) is 10.9. The highest BCUT2D eigenvalue weighted by atomic mass is 35.5. The van der Waals surface area contributed by atoms with Gasteiger partial charge in [-0.05, 0) is 37.6 Å². The largest absolute Gasteiger partial charge is 0.505 e. The van der Waals surface area contributed by atoms with Gasteiger partial charge in [0.25, 0.3) is 5.91 Å². The molecule has 2 heterocycles. The molecular weight excluding hydrogens is 447 g/mol. The zero-order valence-electron chi connectivity index (χ0n) is 16.6. The fourth-order valence-electron chi connectivity index (χ4n) is 2.49. The molecule has 10 nitrogen and oxygen atoms in total. The zero-order valence-corrected chi connectivity index (χ0v) is 18.1. The summed E-state index contributed by atoms with van der Waals surface area (Å²) in [5, 5.41) is 26.4. The molecule has 0 aliphatic heterocycles. The molecule has 0 aliphatic rings. The van der Waals surface area contributed by atoms with E-state index in [1.54, 1.807) is 23.0 Å². The summed E-state index contributed by atoms with van der Waals surface area (Å²) in [7, 11) is 0. The minimum atomic E-state index is -0.968. The average Bonchev–Trinajstić information content (AvgIpc) is 3.21. The summed E-state index contributed by atoms with van der Waals surface area (Å²) < 4.78 is 1.67. The van der Waals surface area contributed by atoms with E-state index in [0.29, 0.717) is 16.3 Å². The van der Waals surface area contributed by atoms with Crippen molar-refractivity contribution in [2.75, 3.05) is 6.54 Å². The Bertz CT molecular complexity index is 1100. The average molecular weight is 467 g/mol. The number of aliphatic carboxylic acids is 1. The second kappa shape index (κ2) is 9.73. The predicted molar refractivity (Wildman–Crippen MR) is 115 cm³/mol. The second-order valence-electron chi connectivity index (χ2n) is 6.77. The maximum absolute atomic E-state index is 11.2. The number of nitrogens with two attached hydrogens (primary N) is 2. The molecule has 6 N–H and O–H groups in total. The van der Waals surface area contributed by atoms with Gasteiger partial charge in [-0.15, -0.1) is 5.10 Å². The van der Waals surface area contributed by atoms with Gasteiger partial charge in [0.05, 0.1) is 18.3 Å². The lowest BCUT2D eigenvalue weighted by Gasteiger charge is -2.25. The number of rotatable bonds is 5. The van der Waals surface area contributed by atoms with Crippen LogP contribution in [0.15, 0.2) is 36.5 Å². The van der Waals surface area contributed by atoms with Crippen molar-refractivity contribution < 1.29 is 19.8 Å². The molecule has 1 amide bonds. The molecular formula is C19H20Cl2N6O4. The van der Waals surface area contributed by atoms with Gasteiger partial charge in [0.15, 0.2) is 5.69 Å². The van der Waals surface area contributed by atoms with E-state index < -0.39 is 17.4 Å². The number of pyridine rings is 1. The smallest absolute Gasteiger partial charge is 0.317 e. The third kappa shape index (κ3) is 5.69. The molecule has 0 radical (unpaired) electrons. The third-order valence-electron chi connectivity index (χ3n) is 4.26. The monoisotopic (exact) mass is 466 g/mol. The molecule has 0 unspecified atom stereocenters. The number of aromatic nitrogens is 4. The molecule has 3 aromatic rings. The van der Waals surface area contributed by atoms with Gasteiger partial charge < -0.3 is 21.7 Å². The molecule has 0 saturated heterocycles. The van der Waals surface area contributed by atoms with Crippen LogP contribution in [-0.4, -0.2) is 48.6 Å². The van der Waals surface area contributed by atoms with Crippen LogP contribution < -0.4 is 11.5 Å². The number of aromatic hydroxyl groups is 1. The molecule has 0 aliphatic carbocycles. The molecule has 12 heteroatoms. The molecule has 0 fully saturated rings. The highest BCUT2D eigenvalue weighted by Gasteiger charge is 2.26. The van der Waals surface area contributed by atoms with E-state index in [2.05, 4.69) is 21.0 Å². The van der Waals surface area contributed by atoms with E-state index >= 15 is 0 Å². The topological polar surface area (TPSA) is 170 Å². The summed E-state index contributed by atoms with van der Waals surface area (Å²) in [4.78, 5) is 24.3. The van der Waals surface area contributed by atoms with Gasteiger partial charge in [-0.25, -0.2) is 9.67 Å². The molecule has 2 aromatic heterocycles. The summed E-state index contributed by atoms with van der Waals surface area (Å²) >= 11 is 12.1. The van der Waals surface area contributed by atoms with Crippen molar-refractivity contribution in [1.82, 2.24) is 20.0 Å². The number of amides is 1. The first kappa shape index (κ1) is 24.1. The van der Waals surface area contributed by atoms with Crippen molar-refractivity contribution in [3.8, 4) is 17.0 Å². The van der Waals surface area contributed by atoms with Gasteiger partial charge in [0.1, 0.15) is 16.6 Å². The third-order valence-corrected chi connectivity index (χ3v) is 4.80. The summed E-state index contributed by atoms with van der Waals surface area (Å²) in [6.45, 7) is 3.67. The standard InChI is InChI=1S/C17H15Cl2N5O2.C2H5NO2/c1-17(2,9-3-5-10(18)6-4-9)24-8-12(22-23-24)11-7-13(25)14(16(20)26)21-15(11)19;3-1-2(4)5/h3-8,25H,1-2H3,(H2,20,26);1,3H2,(H,4,5). The number of halogens is 2. The van der Waals surface area contributed by atoms with E-state index in [9.17, 15) is 14.7 Å². The van der Waals surface area contributed by atoms with Crippen LogP contribution >= 0.6 is 23.2 Å². The second-order valence-corrected chi connectivity index (χ2v) is 7.57. The summed E-state index contributed by atoms with van der Waals surface area (Å²) in [6.07, 6.45) is 1.68. The van der Waals surface area contributed by atoms with Gasteiger partial charge in [0.2, 0.25) is 0 Å². The number of hydrogen-bond acceptors (Lipinski definition) is 7. The lowest BCUT2D eigenvalue weighted by molar-refractivity contribution is -0.135. The van der Waals surface area contributed by atoms with E-state index in [4.69, 9.17) is 34.0 Å². The Labute approximate surface area is 187 Å². The van der Waals surface area contributed by atoms with Crippen molar-refractivity contribution >= 4 is 35.1 Å². The number of carboxylic acids is 1. The molecule has 0 saturated carbocycles. The fraction of sp³-hybridized carbons (Fsp3) is 0.211. The zero-order chi connectivity index (χ0) is 23.3. The van der Waals surface area contributed by atoms with Crippen LogP contribution in [0.5, 0.6) is 5.75 Å². The Morgan fingerprint density at radius 2 is 1.77 bits per heavy atom. The van der Waals surface area contributed by atoms with Crippen LogP contribution in [0.4, 0.5) is 0 Å². The van der Waals surface area contributed by atoms with Crippen LogP contribution in [0.3, 0.4) is 0 Å². The van der Waals surface area contributed by atoms with Crippen LogP contribution in [0.25, 0.3) is 11.3 Å². The maximum Gasteiger partial charge on any atom is 0.317 e. The Hall–Kier alpha value is -3.21. The molecule has 3 rings (SSSR count). The fourth-order valence-corrected chi connectivity index (χ4v) is 2.85. The van der Waals surface area contributed by atoms with Crippen LogP contribution in [0, 0.1) is 0 Å². The Kier molecular flexibility index (Phi) is 7.55. The van der Waals surface area contributed by atoms with Crippen LogP contribution in [0.1, 0.15) is 29.9 Å². The molecule has 1 aromatic carbocycles. The van der Waals surface area contributed by atoms with Crippen molar-refractivity contribution in [3.05, 3.63) is 58.0 Å². The van der Waals surface area contributed by atoms with Crippen LogP contribution in [0.2, 0.25) is 10.2 Å². The summed E-state index contributed by atoms with van der Waals surface area (Å²) in [5.74, 6) is -2.21. The van der Waals surface area contributed by atoms with Crippen molar-refractivity contribution in [2.45, 2.75) is 19.4 Å². The summed E-state index contributed by atoms with van der Waals surface area (Å²) in [5.41, 5.74) is 10.6. The maximum atomic E-state index is 11.2. The van der Waals surface area contributed by atoms with Crippen molar-refractivity contribution in [2.24, 2.45) is 11.5 Å². The first-order valence-corrected chi connectivity index (χ1v) is 9.53. The van der Waals surface area contributed by atoms with Gasteiger partial charge in [0, 0.05) is 10.6 Å². The van der Waals surface area contributed by atoms with E-state index in [-0.39, 0.29) is 23.1 Å². The van der Waals surface area contributed by atoms with Gasteiger partial charge in [-0.2, -0.15) is 0 Å². The quantitative estimate of drug-likeness (QED) is 0.414. The number of carboxylic acid groups (broad SMARTS) is 1. The predicted octanol–water partition coefficient (Wildman–Crippen LogP) is 2.26. The highest BCUT2D eigenvalue weighted by Crippen LogP contribution is 2.32. The lowest BCUT2D eigenvalue weighted by atomic mass is 9.94. The first-order chi connectivity index (χ1) is 14.5. The lowest BCUT2D eigenvalue weighted by Crippen LogP contribution is -2.28. The molecule has 0 spiro atoms. The molecule has 0 bridgehead atoms. The van der Waals surface area contributed by atoms with E-state index in [1.165, 1.54) is 6.07 Å². The minimum Gasteiger partial charge on any atom is -0.505 e. The van der Waals surface area contributed by atoms with Crippen LogP contribution in [-0.2, 0) is 10.3 Å². The number of hydrogen-bond donors (Lipinski definition) is 4. The number of nitrogens with zero attached hydrogens (tertiary/aromatic N) is 4. The number of carbonyl (C=O) groups excluding carboxylic acids is 1. The summed E-state index contributed by atoms with van der Waals surface area (Å²) in [6, 6.07) is 8.71. The first-order valence-electron chi connectivity index (χ1n) is 8.77. The Balaban J connectivity index is 0.000000614. The Morgan fingerprint density at radius 3 is 2.29 bits per heavy atom. The number of benzene rings is 1. The van der Waals surface area contributed by atoms with E-state index in [1.807, 2.05) is 26.0 Å². The molecule has 0 atom stereocenters. The minimum absolute atomic E-state index is 0.00653. The molecule has 31 heavy (non-hydrogen) atoms. The number of primary amides is 1. The highest BCUT2D eigenvalue weighted by molar-refractivity contribution is 6.32. The number of carbonyl (C=O) groups is 2. The van der Waals surface area contributed by atoms with Gasteiger partial charge in [-0.3, -0.25) is 9.59 Å². The van der Waals surface area contributed by atoms with Gasteiger partial charge >= 0.3 is 5.97 Å². The SMILES string of the molecule is CC(C)(c1ccc(Cl)cc1)n1cc(-c2cc(O)c(C(N)=O)nc2Cl)nn1.NCC(=O)O.